The third-order valence-corrected chi connectivity index (χ3v) is 5.94. The first-order chi connectivity index (χ1) is 14.6. The second kappa shape index (κ2) is 8.93. The van der Waals surface area contributed by atoms with E-state index in [1.165, 1.54) is 23.3 Å². The largest absolute Gasteiger partial charge is 0.458 e. The van der Waals surface area contributed by atoms with Gasteiger partial charge in [-0.05, 0) is 58.6 Å². The number of rotatable bonds is 6. The summed E-state index contributed by atoms with van der Waals surface area (Å²) < 4.78 is 10.5. The number of para-hydroxylation sites is 1. The van der Waals surface area contributed by atoms with Crippen LogP contribution in [-0.2, 0) is 20.4 Å². The number of carbonyl (C=O) groups is 2. The van der Waals surface area contributed by atoms with Crippen LogP contribution in [0.15, 0.2) is 61.2 Å². The van der Waals surface area contributed by atoms with Gasteiger partial charge in [0.2, 0.25) is 0 Å². The second-order valence-electron chi connectivity index (χ2n) is 9.21. The van der Waals surface area contributed by atoms with Gasteiger partial charge < -0.3 is 9.47 Å². The van der Waals surface area contributed by atoms with Crippen LogP contribution < -0.4 is 4.74 Å². The first-order valence-electron chi connectivity index (χ1n) is 10.6. The van der Waals surface area contributed by atoms with E-state index in [1.54, 1.807) is 30.3 Å². The maximum absolute atomic E-state index is 12.4. The van der Waals surface area contributed by atoms with Crippen LogP contribution in [0.25, 0.3) is 6.08 Å². The number of hydrogen-bond donors (Lipinski definition) is 0. The fourth-order valence-electron chi connectivity index (χ4n) is 3.95. The average Bonchev–Trinajstić information content (AvgIpc) is 2.74. The topological polar surface area (TPSA) is 52.6 Å². The van der Waals surface area contributed by atoms with Crippen LogP contribution in [0, 0.1) is 0 Å². The van der Waals surface area contributed by atoms with Crippen molar-refractivity contribution in [2.24, 2.45) is 0 Å². The molecule has 0 saturated carbocycles. The molecule has 31 heavy (non-hydrogen) atoms. The van der Waals surface area contributed by atoms with Gasteiger partial charge in [-0.1, -0.05) is 70.7 Å². The molecule has 0 saturated heterocycles. The molecular weight excluding hydrogens is 388 g/mol. The summed E-state index contributed by atoms with van der Waals surface area (Å²) in [6, 6.07) is 12.9. The Bertz CT molecular complexity index is 1030. The fraction of sp³-hybridized carbons (Fsp3) is 0.333. The van der Waals surface area contributed by atoms with E-state index >= 15 is 0 Å². The maximum Gasteiger partial charge on any atom is 0.342 e. The average molecular weight is 419 g/mol. The van der Waals surface area contributed by atoms with E-state index in [0.29, 0.717) is 0 Å². The Morgan fingerprint density at radius 1 is 1.00 bits per heavy atom. The molecule has 0 aliphatic heterocycles. The van der Waals surface area contributed by atoms with Crippen molar-refractivity contribution in [1.82, 2.24) is 0 Å². The minimum Gasteiger partial charge on any atom is -0.458 e. The highest BCUT2D eigenvalue weighted by Crippen LogP contribution is 2.45. The van der Waals surface area contributed by atoms with Crippen molar-refractivity contribution in [2.45, 2.75) is 51.4 Å². The van der Waals surface area contributed by atoms with E-state index in [2.05, 4.69) is 46.4 Å². The molecule has 4 nitrogen and oxygen atoms in total. The molecule has 0 amide bonds. The summed E-state index contributed by atoms with van der Waals surface area (Å²) in [6.07, 6.45) is 6.90. The van der Waals surface area contributed by atoms with Crippen LogP contribution >= 0.6 is 0 Å². The summed E-state index contributed by atoms with van der Waals surface area (Å²) in [5, 5.41) is 0. The molecule has 2 aromatic carbocycles. The van der Waals surface area contributed by atoms with Crippen molar-refractivity contribution < 1.29 is 19.1 Å². The van der Waals surface area contributed by atoms with Crippen LogP contribution in [0.1, 0.15) is 67.6 Å². The molecule has 2 aromatic rings. The number of ether oxygens (including phenoxy) is 2. The summed E-state index contributed by atoms with van der Waals surface area (Å²) in [5.41, 5.74) is 4.09. The highest BCUT2D eigenvalue weighted by Gasteiger charge is 2.36. The molecule has 3 rings (SSSR count). The Morgan fingerprint density at radius 3 is 2.39 bits per heavy atom. The summed E-state index contributed by atoms with van der Waals surface area (Å²) >= 11 is 0. The Hall–Kier alpha value is -3.14. The van der Waals surface area contributed by atoms with Gasteiger partial charge in [0.1, 0.15) is 17.9 Å². The summed E-state index contributed by atoms with van der Waals surface area (Å²) in [7, 11) is 0. The third kappa shape index (κ3) is 5.13. The molecule has 0 atom stereocenters. The zero-order chi connectivity index (χ0) is 22.6. The molecule has 0 unspecified atom stereocenters. The van der Waals surface area contributed by atoms with Gasteiger partial charge >= 0.3 is 11.9 Å². The smallest absolute Gasteiger partial charge is 0.342 e. The number of fused-ring (bicyclic) bond motifs is 1. The Morgan fingerprint density at radius 2 is 1.68 bits per heavy atom. The molecule has 0 fully saturated rings. The molecular formula is C27H30O4. The molecule has 0 N–H and O–H groups in total. The zero-order valence-electron chi connectivity index (χ0n) is 18.7. The van der Waals surface area contributed by atoms with Crippen molar-refractivity contribution in [1.29, 1.82) is 0 Å². The van der Waals surface area contributed by atoms with Crippen LogP contribution in [0.3, 0.4) is 0 Å². The second-order valence-corrected chi connectivity index (χ2v) is 9.21. The van der Waals surface area contributed by atoms with E-state index in [4.69, 9.17) is 9.47 Å². The predicted molar refractivity (Wildman–Crippen MR) is 123 cm³/mol. The number of hydrogen-bond acceptors (Lipinski definition) is 4. The number of benzene rings is 2. The van der Waals surface area contributed by atoms with Crippen molar-refractivity contribution in [3.8, 4) is 5.75 Å². The molecule has 0 heterocycles. The molecule has 1 aliphatic carbocycles. The van der Waals surface area contributed by atoms with E-state index in [0.717, 1.165) is 18.4 Å². The summed E-state index contributed by atoms with van der Waals surface area (Å²) in [6.45, 7) is 12.7. The molecule has 0 radical (unpaired) electrons. The molecule has 0 spiro atoms. The Labute approximate surface area is 184 Å². The standard InChI is InChI=1S/C27H30O4/c1-6-17-30-25(29)20-9-7-8-10-23(20)31-24(28)14-12-19-11-13-21-22(18-19)27(4,5)16-15-26(21,2)3/h6-14,18H,1,15-17H2,2-5H3. The normalized spacial score (nSPS) is 16.4. The highest BCUT2D eigenvalue weighted by molar-refractivity contribution is 5.95. The lowest BCUT2D eigenvalue weighted by atomic mass is 9.63. The van der Waals surface area contributed by atoms with E-state index < -0.39 is 11.9 Å². The first kappa shape index (κ1) is 22.5. The molecule has 1 aliphatic rings. The van der Waals surface area contributed by atoms with Crippen LogP contribution in [0.5, 0.6) is 5.75 Å². The maximum atomic E-state index is 12.4. The molecule has 162 valence electrons. The van der Waals surface area contributed by atoms with Crippen molar-refractivity contribution in [3.05, 3.63) is 83.4 Å². The lowest BCUT2D eigenvalue weighted by molar-refractivity contribution is -0.128. The quantitative estimate of drug-likeness (QED) is 0.250. The van der Waals surface area contributed by atoms with E-state index in [1.807, 2.05) is 6.07 Å². The predicted octanol–water partition coefficient (Wildman–Crippen LogP) is 6.00. The van der Waals surface area contributed by atoms with Crippen molar-refractivity contribution in [2.75, 3.05) is 6.61 Å². The van der Waals surface area contributed by atoms with Gasteiger partial charge in [-0.2, -0.15) is 0 Å². The first-order valence-corrected chi connectivity index (χ1v) is 10.6. The fourth-order valence-corrected chi connectivity index (χ4v) is 3.95. The van der Waals surface area contributed by atoms with Crippen LogP contribution in [0.2, 0.25) is 0 Å². The molecule has 0 bridgehead atoms. The highest BCUT2D eigenvalue weighted by atomic mass is 16.5. The zero-order valence-corrected chi connectivity index (χ0v) is 18.7. The minimum absolute atomic E-state index is 0.0898. The Kier molecular flexibility index (Phi) is 6.49. The van der Waals surface area contributed by atoms with Crippen LogP contribution in [0.4, 0.5) is 0 Å². The molecule has 4 heteroatoms. The van der Waals surface area contributed by atoms with Crippen LogP contribution in [-0.4, -0.2) is 18.5 Å². The SMILES string of the molecule is C=CCOC(=O)c1ccccc1OC(=O)C=Cc1ccc2c(c1)C(C)(C)CCC2(C)C. The monoisotopic (exact) mass is 418 g/mol. The van der Waals surface area contributed by atoms with E-state index in [-0.39, 0.29) is 28.7 Å². The molecule has 0 aromatic heterocycles. The minimum atomic E-state index is -0.563. The van der Waals surface area contributed by atoms with Crippen molar-refractivity contribution in [3.63, 3.8) is 0 Å². The Balaban J connectivity index is 1.78. The lowest BCUT2D eigenvalue weighted by Crippen LogP contribution is -2.33. The third-order valence-electron chi connectivity index (χ3n) is 5.94. The van der Waals surface area contributed by atoms with Gasteiger partial charge in [-0.25, -0.2) is 9.59 Å². The number of esters is 2. The van der Waals surface area contributed by atoms with Gasteiger partial charge in [0.25, 0.3) is 0 Å². The van der Waals surface area contributed by atoms with E-state index in [9.17, 15) is 9.59 Å². The van der Waals surface area contributed by atoms with Gasteiger partial charge in [0.15, 0.2) is 0 Å². The van der Waals surface area contributed by atoms with Gasteiger partial charge in [-0.15, -0.1) is 0 Å². The van der Waals surface area contributed by atoms with Crippen molar-refractivity contribution >= 4 is 18.0 Å². The van der Waals surface area contributed by atoms with Gasteiger partial charge in [0, 0.05) is 6.08 Å². The van der Waals surface area contributed by atoms with Gasteiger partial charge in [0.05, 0.1) is 0 Å². The number of carbonyl (C=O) groups excluding carboxylic acids is 2. The summed E-state index contributed by atoms with van der Waals surface area (Å²) in [4.78, 5) is 24.6. The van der Waals surface area contributed by atoms with Gasteiger partial charge in [-0.3, -0.25) is 0 Å². The lowest BCUT2D eigenvalue weighted by Gasteiger charge is -2.42. The summed E-state index contributed by atoms with van der Waals surface area (Å²) in [5.74, 6) is -0.951.